The lowest BCUT2D eigenvalue weighted by Crippen LogP contribution is -2.30. The van der Waals surface area contributed by atoms with Gasteiger partial charge < -0.3 is 5.43 Å². The molecule has 0 bridgehead atoms. The first-order chi connectivity index (χ1) is 9.14. The molecule has 0 saturated carbocycles. The Labute approximate surface area is 111 Å². The van der Waals surface area contributed by atoms with Gasteiger partial charge >= 0.3 is 0 Å². The van der Waals surface area contributed by atoms with E-state index in [9.17, 15) is 8.42 Å². The lowest BCUT2D eigenvalue weighted by Gasteiger charge is -2.15. The summed E-state index contributed by atoms with van der Waals surface area (Å²) in [5.74, 6) is 5.58. The molecule has 3 heterocycles. The van der Waals surface area contributed by atoms with Crippen molar-refractivity contribution in [2.24, 2.45) is 5.84 Å². The van der Waals surface area contributed by atoms with Gasteiger partial charge in [-0.25, -0.2) is 19.2 Å². The molecule has 0 atom stereocenters. The highest BCUT2D eigenvalue weighted by Gasteiger charge is 2.33. The van der Waals surface area contributed by atoms with E-state index in [1.807, 2.05) is 0 Å². The molecule has 3 rings (SSSR count). The summed E-state index contributed by atoms with van der Waals surface area (Å²) in [6.07, 6.45) is 3.45. The number of sulfonamides is 1. The van der Waals surface area contributed by atoms with Crippen molar-refractivity contribution in [1.82, 2.24) is 13.7 Å². The van der Waals surface area contributed by atoms with Gasteiger partial charge in [-0.15, -0.1) is 0 Å². The van der Waals surface area contributed by atoms with Gasteiger partial charge in [-0.1, -0.05) is 6.07 Å². The van der Waals surface area contributed by atoms with E-state index in [0.717, 1.165) is 12.8 Å². The largest absolute Gasteiger partial charge is 0.306 e. The predicted molar refractivity (Wildman–Crippen MR) is 71.0 cm³/mol. The molecule has 2 aromatic heterocycles. The van der Waals surface area contributed by atoms with Gasteiger partial charge in [0.15, 0.2) is 5.82 Å². The molecule has 1 aliphatic heterocycles. The molecule has 0 aliphatic carbocycles. The van der Waals surface area contributed by atoms with Crippen molar-refractivity contribution in [2.75, 3.05) is 18.5 Å². The van der Waals surface area contributed by atoms with Crippen LogP contribution >= 0.6 is 0 Å². The maximum absolute atomic E-state index is 12.7. The molecule has 8 heteroatoms. The molecule has 3 N–H and O–H groups in total. The van der Waals surface area contributed by atoms with E-state index in [0.29, 0.717) is 18.7 Å². The zero-order chi connectivity index (χ0) is 13.5. The molecule has 0 amide bonds. The molecule has 102 valence electrons. The molecule has 1 fully saturated rings. The fourth-order valence-electron chi connectivity index (χ4n) is 2.36. The van der Waals surface area contributed by atoms with Crippen LogP contribution in [0.1, 0.15) is 12.8 Å². The molecular formula is C11H15N5O2S. The molecule has 0 unspecified atom stereocenters. The first-order valence-electron chi connectivity index (χ1n) is 6.08. The smallest absolute Gasteiger partial charge is 0.262 e. The van der Waals surface area contributed by atoms with Crippen molar-refractivity contribution < 1.29 is 8.42 Å². The van der Waals surface area contributed by atoms with Gasteiger partial charge in [0, 0.05) is 19.3 Å². The molecule has 0 spiro atoms. The molecule has 7 nitrogen and oxygen atoms in total. The van der Waals surface area contributed by atoms with Crippen LogP contribution in [0.2, 0.25) is 0 Å². The minimum absolute atomic E-state index is 0.104. The van der Waals surface area contributed by atoms with E-state index in [1.165, 1.54) is 4.31 Å². The number of imidazole rings is 1. The fourth-order valence-corrected chi connectivity index (χ4v) is 4.10. The van der Waals surface area contributed by atoms with E-state index < -0.39 is 10.0 Å². The Kier molecular flexibility index (Phi) is 2.92. The minimum atomic E-state index is -3.57. The summed E-state index contributed by atoms with van der Waals surface area (Å²) in [6.45, 7) is 1.10. The van der Waals surface area contributed by atoms with Crippen LogP contribution in [0.25, 0.3) is 5.65 Å². The van der Waals surface area contributed by atoms with Crippen LogP contribution in [0.3, 0.4) is 0 Å². The van der Waals surface area contributed by atoms with Crippen LogP contribution < -0.4 is 11.3 Å². The highest BCUT2D eigenvalue weighted by molar-refractivity contribution is 7.89. The van der Waals surface area contributed by atoms with E-state index in [2.05, 4.69) is 10.4 Å². The van der Waals surface area contributed by atoms with Crippen molar-refractivity contribution in [3.63, 3.8) is 0 Å². The summed E-state index contributed by atoms with van der Waals surface area (Å²) in [6, 6.07) is 5.30. The summed E-state index contributed by atoms with van der Waals surface area (Å²) >= 11 is 0. The Morgan fingerprint density at radius 3 is 2.68 bits per heavy atom. The van der Waals surface area contributed by atoms with Gasteiger partial charge in [0.2, 0.25) is 5.03 Å². The normalized spacial score (nSPS) is 17.1. The summed E-state index contributed by atoms with van der Waals surface area (Å²) in [4.78, 5) is 4.19. The highest BCUT2D eigenvalue weighted by Crippen LogP contribution is 2.27. The second-order valence-electron chi connectivity index (χ2n) is 4.45. The van der Waals surface area contributed by atoms with E-state index in [1.54, 1.807) is 28.8 Å². The second-order valence-corrected chi connectivity index (χ2v) is 6.30. The number of anilines is 1. The minimum Gasteiger partial charge on any atom is -0.306 e. The van der Waals surface area contributed by atoms with Crippen molar-refractivity contribution in [2.45, 2.75) is 17.9 Å². The molecule has 0 aromatic carbocycles. The van der Waals surface area contributed by atoms with Crippen LogP contribution in [0.15, 0.2) is 29.4 Å². The quantitative estimate of drug-likeness (QED) is 0.627. The van der Waals surface area contributed by atoms with Crippen LogP contribution in [0, 0.1) is 0 Å². The number of nitrogens with two attached hydrogens (primary N) is 1. The first-order valence-corrected chi connectivity index (χ1v) is 7.52. The van der Waals surface area contributed by atoms with Gasteiger partial charge in [-0.05, 0) is 25.0 Å². The van der Waals surface area contributed by atoms with Gasteiger partial charge in [0.05, 0.1) is 0 Å². The third-order valence-corrected chi connectivity index (χ3v) is 5.20. The fraction of sp³-hybridized carbons (Fsp3) is 0.364. The monoisotopic (exact) mass is 281 g/mol. The number of aromatic nitrogens is 2. The molecular weight excluding hydrogens is 266 g/mol. The summed E-state index contributed by atoms with van der Waals surface area (Å²) in [5.41, 5.74) is 2.93. The van der Waals surface area contributed by atoms with Crippen molar-refractivity contribution in [3.8, 4) is 0 Å². The van der Waals surface area contributed by atoms with Gasteiger partial charge in [0.25, 0.3) is 10.0 Å². The number of nitrogens with zero attached hydrogens (tertiary/aromatic N) is 3. The number of rotatable bonds is 3. The average molecular weight is 281 g/mol. The molecule has 2 aromatic rings. The topological polar surface area (TPSA) is 92.7 Å². The molecule has 1 aliphatic rings. The SMILES string of the molecule is NNc1nc2ccccn2c1S(=O)(=O)N1CCCC1. The first kappa shape index (κ1) is 12.4. The van der Waals surface area contributed by atoms with Crippen LogP contribution in [0.5, 0.6) is 0 Å². The average Bonchev–Trinajstić information content (AvgIpc) is 3.05. The number of fused-ring (bicyclic) bond motifs is 1. The maximum atomic E-state index is 12.7. The highest BCUT2D eigenvalue weighted by atomic mass is 32.2. The number of nitrogens with one attached hydrogen (secondary N) is 1. The Balaban J connectivity index is 2.23. The van der Waals surface area contributed by atoms with Gasteiger partial charge in [0.1, 0.15) is 5.65 Å². The number of hydrogen-bond donors (Lipinski definition) is 2. The van der Waals surface area contributed by atoms with E-state index >= 15 is 0 Å². The van der Waals surface area contributed by atoms with E-state index in [-0.39, 0.29) is 10.8 Å². The summed E-state index contributed by atoms with van der Waals surface area (Å²) < 4.78 is 28.3. The van der Waals surface area contributed by atoms with Crippen LogP contribution in [-0.4, -0.2) is 35.2 Å². The van der Waals surface area contributed by atoms with Gasteiger partial charge in [-0.3, -0.25) is 4.40 Å². The van der Waals surface area contributed by atoms with Gasteiger partial charge in [-0.2, -0.15) is 4.31 Å². The van der Waals surface area contributed by atoms with Crippen LogP contribution in [0.4, 0.5) is 5.82 Å². The zero-order valence-corrected chi connectivity index (χ0v) is 11.1. The number of pyridine rings is 1. The zero-order valence-electron chi connectivity index (χ0n) is 10.3. The Hall–Kier alpha value is -1.64. The third-order valence-electron chi connectivity index (χ3n) is 3.27. The molecule has 1 saturated heterocycles. The number of nitrogen functional groups attached to an aromatic ring is 1. The van der Waals surface area contributed by atoms with Crippen molar-refractivity contribution in [1.29, 1.82) is 0 Å². The number of hydrogen-bond acceptors (Lipinski definition) is 5. The molecule has 0 radical (unpaired) electrons. The summed E-state index contributed by atoms with van der Waals surface area (Å²) in [5, 5.41) is 0.104. The Bertz CT molecular complexity index is 703. The lowest BCUT2D eigenvalue weighted by atomic mass is 10.4. The van der Waals surface area contributed by atoms with Crippen molar-refractivity contribution >= 4 is 21.5 Å². The number of hydrazine groups is 1. The summed E-state index contributed by atoms with van der Waals surface area (Å²) in [7, 11) is -3.57. The molecule has 19 heavy (non-hydrogen) atoms. The predicted octanol–water partition coefficient (Wildman–Crippen LogP) is 0.404. The lowest BCUT2D eigenvalue weighted by molar-refractivity contribution is 0.474. The second kappa shape index (κ2) is 4.48. The van der Waals surface area contributed by atoms with Crippen molar-refractivity contribution in [3.05, 3.63) is 24.4 Å². The Morgan fingerprint density at radius 2 is 2.00 bits per heavy atom. The van der Waals surface area contributed by atoms with E-state index in [4.69, 9.17) is 5.84 Å². The third kappa shape index (κ3) is 1.88. The standard InChI is InChI=1S/C11H15N5O2S/c12-14-10-11(16-8-2-1-5-9(16)13-10)19(17,18)15-6-3-4-7-15/h1-2,5,8,14H,3-4,6-7,12H2. The maximum Gasteiger partial charge on any atom is 0.262 e. The van der Waals surface area contributed by atoms with Crippen LogP contribution in [-0.2, 0) is 10.0 Å². The Morgan fingerprint density at radius 1 is 1.26 bits per heavy atom.